The van der Waals surface area contributed by atoms with Crippen LogP contribution in [0.15, 0.2) is 6.07 Å². The van der Waals surface area contributed by atoms with Crippen molar-refractivity contribution in [1.29, 1.82) is 0 Å². The number of amides is 2. The highest BCUT2D eigenvalue weighted by Gasteiger charge is 2.06. The number of urea groups is 1. The maximum atomic E-state index is 11.3. The minimum atomic E-state index is -0.164. The summed E-state index contributed by atoms with van der Waals surface area (Å²) in [7, 11) is 0. The van der Waals surface area contributed by atoms with Crippen molar-refractivity contribution in [3.8, 4) is 0 Å². The summed E-state index contributed by atoms with van der Waals surface area (Å²) in [6, 6.07) is 1.88. The van der Waals surface area contributed by atoms with Crippen LogP contribution in [0.5, 0.6) is 0 Å². The molecule has 0 aliphatic carbocycles. The summed E-state index contributed by atoms with van der Waals surface area (Å²) in [5, 5.41) is 6.33. The van der Waals surface area contributed by atoms with Gasteiger partial charge in [0.1, 0.15) is 5.00 Å². The summed E-state index contributed by atoms with van der Waals surface area (Å²) in [6.07, 6.45) is 0.926. The molecule has 1 aromatic heterocycles. The lowest BCUT2D eigenvalue weighted by molar-refractivity contribution is 0.249. The number of nitrogens with zero attached hydrogens (tertiary/aromatic N) is 1. The van der Waals surface area contributed by atoms with Gasteiger partial charge in [0.05, 0.1) is 5.69 Å². The largest absolute Gasteiger partial charge is 0.335 e. The Labute approximate surface area is 87.9 Å². The summed E-state index contributed by atoms with van der Waals surface area (Å²) in [5.41, 5.74) is 0.925. The second kappa shape index (κ2) is 4.95. The van der Waals surface area contributed by atoms with Crippen molar-refractivity contribution in [2.45, 2.75) is 33.2 Å². The molecule has 4 nitrogen and oxygen atoms in total. The SMILES string of the molecule is CC[C@H](C)NC(=O)Nc1cc(C)ns1. The summed E-state index contributed by atoms with van der Waals surface area (Å²) in [4.78, 5) is 11.3. The monoisotopic (exact) mass is 213 g/mol. The maximum absolute atomic E-state index is 11.3. The van der Waals surface area contributed by atoms with Gasteiger partial charge >= 0.3 is 6.03 Å². The van der Waals surface area contributed by atoms with Crippen LogP contribution in [0, 0.1) is 6.92 Å². The van der Waals surface area contributed by atoms with Crippen molar-refractivity contribution in [1.82, 2.24) is 9.69 Å². The minimum absolute atomic E-state index is 0.164. The van der Waals surface area contributed by atoms with Crippen LogP contribution in [0.1, 0.15) is 26.0 Å². The van der Waals surface area contributed by atoms with Gasteiger partial charge in [-0.2, -0.15) is 4.37 Å². The van der Waals surface area contributed by atoms with E-state index in [2.05, 4.69) is 15.0 Å². The lowest BCUT2D eigenvalue weighted by Crippen LogP contribution is -2.35. The predicted molar refractivity (Wildman–Crippen MR) is 58.8 cm³/mol. The van der Waals surface area contributed by atoms with Gasteiger partial charge in [0.15, 0.2) is 0 Å². The van der Waals surface area contributed by atoms with Crippen molar-refractivity contribution < 1.29 is 4.79 Å². The van der Waals surface area contributed by atoms with E-state index in [9.17, 15) is 4.79 Å². The third kappa shape index (κ3) is 3.33. The summed E-state index contributed by atoms with van der Waals surface area (Å²) in [6.45, 7) is 5.90. The zero-order valence-corrected chi connectivity index (χ0v) is 9.44. The molecule has 1 heterocycles. The fraction of sp³-hybridized carbons (Fsp3) is 0.556. The topological polar surface area (TPSA) is 54.0 Å². The molecular formula is C9H15N3OS. The molecule has 1 rings (SSSR count). The van der Waals surface area contributed by atoms with Gasteiger partial charge in [0.25, 0.3) is 0 Å². The molecular weight excluding hydrogens is 198 g/mol. The van der Waals surface area contributed by atoms with E-state index >= 15 is 0 Å². The summed E-state index contributed by atoms with van der Waals surface area (Å²) in [5.74, 6) is 0. The minimum Gasteiger partial charge on any atom is -0.335 e. The van der Waals surface area contributed by atoms with Crippen LogP contribution in [-0.2, 0) is 0 Å². The standard InChI is InChI=1S/C9H15N3OS/c1-4-6(2)10-9(13)11-8-5-7(3)12-14-8/h5-6H,4H2,1-3H3,(H2,10,11,13)/t6-/m0/s1. The van der Waals surface area contributed by atoms with Gasteiger partial charge in [0.2, 0.25) is 0 Å². The zero-order valence-electron chi connectivity index (χ0n) is 8.63. The number of carbonyl (C=O) groups excluding carboxylic acids is 1. The fourth-order valence-electron chi connectivity index (χ4n) is 0.896. The Balaban J connectivity index is 2.41. The van der Waals surface area contributed by atoms with Gasteiger partial charge in [-0.05, 0) is 37.9 Å². The number of aryl methyl sites for hydroxylation is 1. The molecule has 0 saturated carbocycles. The number of anilines is 1. The highest BCUT2D eigenvalue weighted by Crippen LogP contribution is 2.14. The molecule has 0 aliphatic rings. The molecule has 1 atom stereocenters. The molecule has 14 heavy (non-hydrogen) atoms. The molecule has 0 aliphatic heterocycles. The smallest absolute Gasteiger partial charge is 0.320 e. The van der Waals surface area contributed by atoms with Crippen molar-refractivity contribution >= 4 is 22.6 Å². The van der Waals surface area contributed by atoms with Crippen LogP contribution in [0.2, 0.25) is 0 Å². The molecule has 0 unspecified atom stereocenters. The summed E-state index contributed by atoms with van der Waals surface area (Å²) < 4.78 is 4.07. The molecule has 0 bridgehead atoms. The molecule has 2 amide bonds. The Bertz CT molecular complexity index is 311. The van der Waals surface area contributed by atoms with E-state index in [1.165, 1.54) is 11.5 Å². The van der Waals surface area contributed by atoms with Crippen LogP contribution in [-0.4, -0.2) is 16.4 Å². The molecule has 2 N–H and O–H groups in total. The molecule has 0 spiro atoms. The zero-order chi connectivity index (χ0) is 10.6. The second-order valence-corrected chi connectivity index (χ2v) is 4.05. The van der Waals surface area contributed by atoms with Gasteiger partial charge in [0, 0.05) is 6.04 Å². The number of hydrogen-bond donors (Lipinski definition) is 2. The van der Waals surface area contributed by atoms with Crippen molar-refractivity contribution in [2.75, 3.05) is 5.32 Å². The normalized spacial score (nSPS) is 12.2. The predicted octanol–water partition coefficient (Wildman–Crippen LogP) is 2.37. The molecule has 1 aromatic rings. The Morgan fingerprint density at radius 1 is 1.71 bits per heavy atom. The Hall–Kier alpha value is -1.10. The highest BCUT2D eigenvalue weighted by atomic mass is 32.1. The van der Waals surface area contributed by atoms with E-state index < -0.39 is 0 Å². The third-order valence-electron chi connectivity index (χ3n) is 1.85. The van der Waals surface area contributed by atoms with Crippen LogP contribution >= 0.6 is 11.5 Å². The Morgan fingerprint density at radius 3 is 2.93 bits per heavy atom. The lowest BCUT2D eigenvalue weighted by Gasteiger charge is -2.10. The molecule has 78 valence electrons. The molecule has 5 heteroatoms. The van der Waals surface area contributed by atoms with E-state index in [4.69, 9.17) is 0 Å². The number of hydrogen-bond acceptors (Lipinski definition) is 3. The molecule has 0 saturated heterocycles. The average Bonchev–Trinajstić information content (AvgIpc) is 2.50. The first-order valence-electron chi connectivity index (χ1n) is 4.62. The number of aromatic nitrogens is 1. The van der Waals surface area contributed by atoms with E-state index in [1.54, 1.807) is 0 Å². The summed E-state index contributed by atoms with van der Waals surface area (Å²) >= 11 is 1.29. The molecule has 0 radical (unpaired) electrons. The van der Waals surface area contributed by atoms with E-state index in [-0.39, 0.29) is 12.1 Å². The van der Waals surface area contributed by atoms with Crippen LogP contribution in [0.3, 0.4) is 0 Å². The van der Waals surface area contributed by atoms with Crippen LogP contribution < -0.4 is 10.6 Å². The van der Waals surface area contributed by atoms with Gasteiger partial charge < -0.3 is 5.32 Å². The van der Waals surface area contributed by atoms with Crippen molar-refractivity contribution in [3.63, 3.8) is 0 Å². The first-order valence-corrected chi connectivity index (χ1v) is 5.40. The lowest BCUT2D eigenvalue weighted by atomic mass is 10.3. The van der Waals surface area contributed by atoms with Crippen LogP contribution in [0.4, 0.5) is 9.80 Å². The number of rotatable bonds is 3. The number of carbonyl (C=O) groups is 1. The van der Waals surface area contributed by atoms with Crippen molar-refractivity contribution in [3.05, 3.63) is 11.8 Å². The van der Waals surface area contributed by atoms with E-state index in [0.29, 0.717) is 0 Å². The van der Waals surface area contributed by atoms with Gasteiger partial charge in [-0.3, -0.25) is 5.32 Å². The Morgan fingerprint density at radius 2 is 2.43 bits per heavy atom. The molecule has 0 fully saturated rings. The number of nitrogens with one attached hydrogen (secondary N) is 2. The average molecular weight is 213 g/mol. The van der Waals surface area contributed by atoms with E-state index in [0.717, 1.165) is 17.1 Å². The second-order valence-electron chi connectivity index (χ2n) is 3.24. The van der Waals surface area contributed by atoms with Gasteiger partial charge in [-0.15, -0.1) is 0 Å². The first-order chi connectivity index (χ1) is 6.61. The third-order valence-corrected chi connectivity index (χ3v) is 2.65. The maximum Gasteiger partial charge on any atom is 0.320 e. The van der Waals surface area contributed by atoms with Crippen LogP contribution in [0.25, 0.3) is 0 Å². The van der Waals surface area contributed by atoms with Gasteiger partial charge in [-0.1, -0.05) is 6.92 Å². The molecule has 0 aromatic carbocycles. The first kappa shape index (κ1) is 11.0. The Kier molecular flexibility index (Phi) is 3.88. The van der Waals surface area contributed by atoms with Crippen molar-refractivity contribution in [2.24, 2.45) is 0 Å². The quantitative estimate of drug-likeness (QED) is 0.810. The van der Waals surface area contributed by atoms with Gasteiger partial charge in [-0.25, -0.2) is 4.79 Å². The van der Waals surface area contributed by atoms with E-state index in [1.807, 2.05) is 26.8 Å². The highest BCUT2D eigenvalue weighted by molar-refractivity contribution is 7.10. The fourth-order valence-corrected chi connectivity index (χ4v) is 1.55.